The highest BCUT2D eigenvalue weighted by Crippen LogP contribution is 2.39. The van der Waals surface area contributed by atoms with Gasteiger partial charge in [-0.3, -0.25) is 9.48 Å². The summed E-state index contributed by atoms with van der Waals surface area (Å²) in [5, 5.41) is 18.2. The van der Waals surface area contributed by atoms with Crippen LogP contribution in [0.2, 0.25) is 0 Å². The van der Waals surface area contributed by atoms with Crippen molar-refractivity contribution in [2.24, 2.45) is 7.05 Å². The van der Waals surface area contributed by atoms with Crippen LogP contribution in [0, 0.1) is 0 Å². The number of fused-ring (bicyclic) bond motifs is 1. The number of nitrogens with zero attached hydrogens (tertiary/aromatic N) is 7. The molecule has 2 fully saturated rings. The first-order valence-corrected chi connectivity index (χ1v) is 21.9. The number of likely N-dealkylation sites (tertiary alicyclic amines) is 1. The topological polar surface area (TPSA) is 182 Å². The summed E-state index contributed by atoms with van der Waals surface area (Å²) < 4.78 is 60.9. The van der Waals surface area contributed by atoms with E-state index in [1.807, 2.05) is 26.1 Å². The van der Waals surface area contributed by atoms with Crippen molar-refractivity contribution in [1.29, 1.82) is 0 Å². The number of halogens is 3. The maximum Gasteiger partial charge on any atom is 0.420 e. The third-order valence-corrected chi connectivity index (χ3v) is 11.2. The Morgan fingerprint density at radius 1 is 0.862 bits per heavy atom. The molecule has 6 rings (SSSR count). The van der Waals surface area contributed by atoms with Crippen molar-refractivity contribution in [1.82, 2.24) is 29.5 Å². The van der Waals surface area contributed by atoms with Gasteiger partial charge in [0.15, 0.2) is 5.82 Å². The van der Waals surface area contributed by atoms with E-state index in [0.717, 1.165) is 34.5 Å². The second-order valence-electron chi connectivity index (χ2n) is 18.8. The molecule has 2 N–H and O–H groups in total. The Labute approximate surface area is 376 Å². The number of ether oxygens (including phenoxy) is 3. The number of aryl methyl sites for hydroxylation is 2. The smallest absolute Gasteiger partial charge is 0.420 e. The van der Waals surface area contributed by atoms with Crippen molar-refractivity contribution >= 4 is 46.9 Å². The summed E-state index contributed by atoms with van der Waals surface area (Å²) in [6.07, 6.45) is -3.77. The fourth-order valence-electron chi connectivity index (χ4n) is 8.18. The van der Waals surface area contributed by atoms with Gasteiger partial charge >= 0.3 is 24.5 Å². The van der Waals surface area contributed by atoms with Crippen LogP contribution in [-0.2, 0) is 40.3 Å². The first-order chi connectivity index (χ1) is 30.4. The highest BCUT2D eigenvalue weighted by atomic mass is 19.4. The Hall–Kier alpha value is -5.98. The van der Waals surface area contributed by atoms with Crippen LogP contribution in [-0.4, -0.2) is 108 Å². The Balaban J connectivity index is 1.16. The molecule has 0 atom stereocenters. The summed E-state index contributed by atoms with van der Waals surface area (Å²) in [5.41, 5.74) is 0.164. The summed E-state index contributed by atoms with van der Waals surface area (Å²) in [6, 6.07) is 7.94. The summed E-state index contributed by atoms with van der Waals surface area (Å²) in [5.74, 6) is -0.624. The molecule has 65 heavy (non-hydrogen) atoms. The van der Waals surface area contributed by atoms with Gasteiger partial charge < -0.3 is 29.5 Å². The summed E-state index contributed by atoms with van der Waals surface area (Å²) in [4.78, 5) is 66.0. The van der Waals surface area contributed by atoms with Crippen LogP contribution in [0.4, 0.5) is 39.3 Å². The zero-order chi connectivity index (χ0) is 47.6. The molecule has 3 heterocycles. The molecular weight excluding hydrogens is 850 g/mol. The Morgan fingerprint density at radius 2 is 1.48 bits per heavy atom. The molecule has 0 radical (unpaired) electrons. The summed E-state index contributed by atoms with van der Waals surface area (Å²) in [6.45, 7) is 13.6. The van der Waals surface area contributed by atoms with Gasteiger partial charge in [-0.1, -0.05) is 13.0 Å². The number of aromatic nitrogens is 4. The number of amides is 4. The van der Waals surface area contributed by atoms with Crippen molar-refractivity contribution in [3.63, 3.8) is 0 Å². The third-order valence-electron chi connectivity index (χ3n) is 11.2. The van der Waals surface area contributed by atoms with E-state index in [2.05, 4.69) is 20.3 Å². The zero-order valence-corrected chi connectivity index (χ0v) is 38.4. The molecule has 2 aromatic heterocycles. The van der Waals surface area contributed by atoms with E-state index in [1.165, 1.54) is 12.1 Å². The van der Waals surface area contributed by atoms with Crippen molar-refractivity contribution in [2.45, 2.75) is 135 Å². The van der Waals surface area contributed by atoms with E-state index >= 15 is 0 Å². The number of rotatable bonds is 10. The van der Waals surface area contributed by atoms with Crippen molar-refractivity contribution in [3.8, 4) is 17.0 Å². The van der Waals surface area contributed by atoms with Crippen LogP contribution in [0.25, 0.3) is 22.2 Å². The predicted octanol–water partition coefficient (Wildman–Crippen LogP) is 9.23. The van der Waals surface area contributed by atoms with E-state index in [9.17, 15) is 37.5 Å². The lowest BCUT2D eigenvalue weighted by Gasteiger charge is -2.38. The number of carbonyl (C=O) groups is 4. The minimum absolute atomic E-state index is 0.0145. The molecule has 4 amide bonds. The second kappa shape index (κ2) is 19.2. The molecule has 19 heteroatoms. The fourth-order valence-corrected chi connectivity index (χ4v) is 8.18. The fraction of sp³-hybridized carbons (Fsp3) is 0.543. The number of hydrogen-bond acceptors (Lipinski definition) is 11. The van der Waals surface area contributed by atoms with Gasteiger partial charge in [0, 0.05) is 55.4 Å². The predicted molar refractivity (Wildman–Crippen MR) is 237 cm³/mol. The lowest BCUT2D eigenvalue weighted by atomic mass is 9.89. The van der Waals surface area contributed by atoms with Crippen LogP contribution in [0.15, 0.2) is 42.6 Å². The number of benzene rings is 2. The molecule has 352 valence electrons. The number of hydrogen-bond donors (Lipinski definition) is 2. The van der Waals surface area contributed by atoms with Crippen molar-refractivity contribution in [3.05, 3.63) is 59.3 Å². The van der Waals surface area contributed by atoms with E-state index < -0.39 is 59.2 Å². The standard InChI is InChI=1S/C46H59F3N8O8/c1-10-28-23-29(35-25-37(53-55(35)9)51-38(58)22-27-11-16-36(34(21-27)46(47,48)49)63-33-17-19-54(8)20-18-33)24-30-26-50-40(52-39(28)30)56(41(59)60)31-12-14-32(15-13-31)57(42(61)64-44(2,3)4)43(62)65-45(5,6)7/h11,16,21,23-26,31-33H,10,12-15,17-20,22H2,1-9H3,(H,59,60)(H,51,53,58). The van der Waals surface area contributed by atoms with Gasteiger partial charge in [0.05, 0.1) is 23.2 Å². The van der Waals surface area contributed by atoms with Crippen LogP contribution >= 0.6 is 0 Å². The molecule has 1 saturated carbocycles. The molecule has 1 aliphatic carbocycles. The Bertz CT molecular complexity index is 2370. The molecular formula is C46H59F3N8O8. The van der Waals surface area contributed by atoms with Crippen LogP contribution < -0.4 is 15.0 Å². The number of carboxylic acid groups (broad SMARTS) is 1. The van der Waals surface area contributed by atoms with Crippen molar-refractivity contribution < 1.29 is 51.7 Å². The van der Waals surface area contributed by atoms with E-state index in [4.69, 9.17) is 19.2 Å². The number of anilines is 2. The number of piperidine rings is 1. The largest absolute Gasteiger partial charge is 0.490 e. The maximum absolute atomic E-state index is 14.1. The normalized spacial score (nSPS) is 17.7. The number of carbonyl (C=O) groups excluding carboxylic acids is 3. The molecule has 4 aromatic rings. The second-order valence-corrected chi connectivity index (χ2v) is 18.8. The number of imide groups is 1. The van der Waals surface area contributed by atoms with E-state index in [0.29, 0.717) is 54.3 Å². The Kier molecular flexibility index (Phi) is 14.3. The van der Waals surface area contributed by atoms with Crippen molar-refractivity contribution in [2.75, 3.05) is 30.4 Å². The van der Waals surface area contributed by atoms with E-state index in [-0.39, 0.29) is 48.4 Å². The monoisotopic (exact) mass is 908 g/mol. The quantitative estimate of drug-likeness (QED) is 0.154. The SMILES string of the molecule is CCc1cc(-c2cc(NC(=O)Cc3ccc(OC4CCN(C)CC4)c(C(F)(F)F)c3)nn2C)cc2cnc(N(C(=O)O)C3CCC(N(C(=O)OC(C)(C)C)C(=O)OC(C)(C)C)CC3)nc12. The lowest BCUT2D eigenvalue weighted by molar-refractivity contribution is -0.139. The average Bonchev–Trinajstić information content (AvgIpc) is 3.56. The number of alkyl halides is 3. The van der Waals surface area contributed by atoms with Gasteiger partial charge in [0.2, 0.25) is 11.9 Å². The highest BCUT2D eigenvalue weighted by Gasteiger charge is 2.41. The van der Waals surface area contributed by atoms with E-state index in [1.54, 1.807) is 65.5 Å². The molecule has 1 aliphatic heterocycles. The molecule has 0 bridgehead atoms. The Morgan fingerprint density at radius 3 is 2.05 bits per heavy atom. The van der Waals surface area contributed by atoms with Gasteiger partial charge in [-0.25, -0.2) is 34.2 Å². The summed E-state index contributed by atoms with van der Waals surface area (Å²) >= 11 is 0. The molecule has 2 aliphatic rings. The molecule has 2 aromatic carbocycles. The van der Waals surface area contributed by atoms with Gasteiger partial charge in [0.25, 0.3) is 0 Å². The minimum atomic E-state index is -4.68. The van der Waals surface area contributed by atoms with Gasteiger partial charge in [-0.15, -0.1) is 0 Å². The number of nitrogens with one attached hydrogen (secondary N) is 1. The minimum Gasteiger partial charge on any atom is -0.490 e. The molecule has 0 spiro atoms. The average molecular weight is 909 g/mol. The summed E-state index contributed by atoms with van der Waals surface area (Å²) in [7, 11) is 3.65. The zero-order valence-electron chi connectivity index (χ0n) is 38.4. The van der Waals surface area contributed by atoms with Crippen LogP contribution in [0.1, 0.15) is 104 Å². The molecule has 1 saturated heterocycles. The van der Waals surface area contributed by atoms with Crippen LogP contribution in [0.5, 0.6) is 5.75 Å². The van der Waals surface area contributed by atoms with Gasteiger partial charge in [-0.05, 0) is 129 Å². The lowest BCUT2D eigenvalue weighted by Crippen LogP contribution is -2.52. The van der Waals surface area contributed by atoms with Crippen LogP contribution in [0.3, 0.4) is 0 Å². The first-order valence-electron chi connectivity index (χ1n) is 21.9. The highest BCUT2D eigenvalue weighted by molar-refractivity contribution is 5.93. The van der Waals surface area contributed by atoms with Gasteiger partial charge in [-0.2, -0.15) is 18.3 Å². The maximum atomic E-state index is 14.1. The third kappa shape index (κ3) is 12.2. The molecule has 16 nitrogen and oxygen atoms in total. The molecule has 0 unspecified atom stereocenters. The van der Waals surface area contributed by atoms with Gasteiger partial charge in [0.1, 0.15) is 23.1 Å². The first kappa shape index (κ1) is 48.5.